The van der Waals surface area contributed by atoms with Gasteiger partial charge in [-0.1, -0.05) is 56.7 Å². The summed E-state index contributed by atoms with van der Waals surface area (Å²) in [5, 5.41) is 0. The standard InChI is InChI=1S/C20H30O/c1-5-18(6-2)19-11-9-17(10-12-19)14-21-20-13-15(3)7-8-16(20)4/h9-13,16,18,20H,5-8,14H2,1-4H3/t16-,20+/m1/s1. The Morgan fingerprint density at radius 3 is 2.43 bits per heavy atom. The van der Waals surface area contributed by atoms with Gasteiger partial charge < -0.3 is 4.74 Å². The molecule has 2 rings (SSSR count). The van der Waals surface area contributed by atoms with Crippen LogP contribution in [-0.4, -0.2) is 6.10 Å². The number of hydrogen-bond acceptors (Lipinski definition) is 1. The molecule has 0 bridgehead atoms. The third-order valence-electron chi connectivity index (χ3n) is 4.88. The van der Waals surface area contributed by atoms with E-state index in [0.29, 0.717) is 11.8 Å². The van der Waals surface area contributed by atoms with Gasteiger partial charge in [-0.05, 0) is 55.6 Å². The first-order chi connectivity index (χ1) is 10.1. The van der Waals surface area contributed by atoms with Gasteiger partial charge in [0.1, 0.15) is 0 Å². The van der Waals surface area contributed by atoms with E-state index in [1.54, 1.807) is 0 Å². The van der Waals surface area contributed by atoms with Crippen molar-refractivity contribution in [2.75, 3.05) is 0 Å². The van der Waals surface area contributed by atoms with Crippen molar-refractivity contribution in [1.82, 2.24) is 0 Å². The molecule has 0 N–H and O–H groups in total. The summed E-state index contributed by atoms with van der Waals surface area (Å²) in [7, 11) is 0. The highest BCUT2D eigenvalue weighted by atomic mass is 16.5. The minimum absolute atomic E-state index is 0.289. The van der Waals surface area contributed by atoms with Crippen molar-refractivity contribution in [3.8, 4) is 0 Å². The van der Waals surface area contributed by atoms with E-state index in [1.807, 2.05) is 0 Å². The van der Waals surface area contributed by atoms with E-state index < -0.39 is 0 Å². The normalized spacial score (nSPS) is 22.4. The Bertz CT molecular complexity index is 453. The maximum atomic E-state index is 6.13. The summed E-state index contributed by atoms with van der Waals surface area (Å²) in [6, 6.07) is 9.03. The van der Waals surface area contributed by atoms with Gasteiger partial charge in [0, 0.05) is 0 Å². The smallest absolute Gasteiger partial charge is 0.0788 e. The topological polar surface area (TPSA) is 9.23 Å². The summed E-state index contributed by atoms with van der Waals surface area (Å²) in [4.78, 5) is 0. The predicted molar refractivity (Wildman–Crippen MR) is 90.5 cm³/mol. The van der Waals surface area contributed by atoms with E-state index in [4.69, 9.17) is 4.74 Å². The molecule has 1 aliphatic carbocycles. The van der Waals surface area contributed by atoms with Gasteiger partial charge in [0.15, 0.2) is 0 Å². The number of ether oxygens (including phenoxy) is 1. The Hall–Kier alpha value is -1.08. The lowest BCUT2D eigenvalue weighted by Gasteiger charge is -2.26. The highest BCUT2D eigenvalue weighted by molar-refractivity contribution is 5.25. The molecule has 1 heteroatoms. The van der Waals surface area contributed by atoms with Gasteiger partial charge in [0.05, 0.1) is 12.7 Å². The monoisotopic (exact) mass is 286 g/mol. The van der Waals surface area contributed by atoms with E-state index in [0.717, 1.165) is 6.61 Å². The highest BCUT2D eigenvalue weighted by Gasteiger charge is 2.20. The average molecular weight is 286 g/mol. The molecular formula is C20H30O. The summed E-state index contributed by atoms with van der Waals surface area (Å²) < 4.78 is 6.13. The van der Waals surface area contributed by atoms with Crippen LogP contribution in [0.5, 0.6) is 0 Å². The molecule has 0 aromatic heterocycles. The first-order valence-electron chi connectivity index (χ1n) is 8.51. The van der Waals surface area contributed by atoms with Crippen LogP contribution in [0, 0.1) is 5.92 Å². The molecule has 0 unspecified atom stereocenters. The van der Waals surface area contributed by atoms with Gasteiger partial charge in [-0.25, -0.2) is 0 Å². The molecule has 116 valence electrons. The molecular weight excluding hydrogens is 256 g/mol. The Morgan fingerprint density at radius 2 is 1.81 bits per heavy atom. The lowest BCUT2D eigenvalue weighted by Crippen LogP contribution is -2.23. The average Bonchev–Trinajstić information content (AvgIpc) is 2.51. The first-order valence-corrected chi connectivity index (χ1v) is 8.51. The lowest BCUT2D eigenvalue weighted by molar-refractivity contribution is 0.0309. The minimum atomic E-state index is 0.289. The Labute approximate surface area is 130 Å². The van der Waals surface area contributed by atoms with Gasteiger partial charge in [-0.15, -0.1) is 0 Å². The van der Waals surface area contributed by atoms with Crippen molar-refractivity contribution in [3.05, 3.63) is 47.0 Å². The van der Waals surface area contributed by atoms with Gasteiger partial charge in [0.25, 0.3) is 0 Å². The van der Waals surface area contributed by atoms with Crippen LogP contribution in [0.15, 0.2) is 35.9 Å². The summed E-state index contributed by atoms with van der Waals surface area (Å²) in [5.74, 6) is 1.33. The zero-order valence-electron chi connectivity index (χ0n) is 14.1. The quantitative estimate of drug-likeness (QED) is 0.596. The van der Waals surface area contributed by atoms with Crippen LogP contribution < -0.4 is 0 Å². The zero-order valence-corrected chi connectivity index (χ0v) is 14.1. The van der Waals surface area contributed by atoms with Crippen LogP contribution in [0.2, 0.25) is 0 Å². The van der Waals surface area contributed by atoms with Gasteiger partial charge in [-0.3, -0.25) is 0 Å². The van der Waals surface area contributed by atoms with Crippen LogP contribution in [0.3, 0.4) is 0 Å². The highest BCUT2D eigenvalue weighted by Crippen LogP contribution is 2.27. The van der Waals surface area contributed by atoms with Crippen LogP contribution >= 0.6 is 0 Å². The molecule has 0 heterocycles. The number of allylic oxidation sites excluding steroid dienone is 1. The molecule has 0 saturated heterocycles. The molecule has 1 aromatic carbocycles. The molecule has 21 heavy (non-hydrogen) atoms. The summed E-state index contributed by atoms with van der Waals surface area (Å²) in [5.41, 5.74) is 4.22. The summed E-state index contributed by atoms with van der Waals surface area (Å²) in [6.07, 6.45) is 7.52. The molecule has 1 aromatic rings. The van der Waals surface area contributed by atoms with Crippen molar-refractivity contribution in [2.45, 2.75) is 72.0 Å². The molecule has 0 saturated carbocycles. The van der Waals surface area contributed by atoms with Crippen LogP contribution in [0.1, 0.15) is 70.4 Å². The van der Waals surface area contributed by atoms with Gasteiger partial charge in [0.2, 0.25) is 0 Å². The second kappa shape index (κ2) is 7.79. The van der Waals surface area contributed by atoms with E-state index in [1.165, 1.54) is 42.4 Å². The third-order valence-corrected chi connectivity index (χ3v) is 4.88. The number of benzene rings is 1. The van der Waals surface area contributed by atoms with Crippen molar-refractivity contribution in [1.29, 1.82) is 0 Å². The van der Waals surface area contributed by atoms with E-state index >= 15 is 0 Å². The summed E-state index contributed by atoms with van der Waals surface area (Å²) in [6.45, 7) is 9.77. The maximum absolute atomic E-state index is 6.13. The third kappa shape index (κ3) is 4.44. The Morgan fingerprint density at radius 1 is 1.14 bits per heavy atom. The van der Waals surface area contributed by atoms with Crippen LogP contribution in [-0.2, 0) is 11.3 Å². The maximum Gasteiger partial charge on any atom is 0.0788 e. The van der Waals surface area contributed by atoms with Crippen molar-refractivity contribution in [2.24, 2.45) is 5.92 Å². The Balaban J connectivity index is 1.93. The van der Waals surface area contributed by atoms with Gasteiger partial charge >= 0.3 is 0 Å². The molecule has 0 aliphatic heterocycles. The van der Waals surface area contributed by atoms with Crippen molar-refractivity contribution < 1.29 is 4.74 Å². The Kier molecular flexibility index (Phi) is 6.05. The molecule has 1 aliphatic rings. The molecule has 2 atom stereocenters. The van der Waals surface area contributed by atoms with Crippen molar-refractivity contribution in [3.63, 3.8) is 0 Å². The summed E-state index contributed by atoms with van der Waals surface area (Å²) >= 11 is 0. The van der Waals surface area contributed by atoms with Crippen molar-refractivity contribution >= 4 is 0 Å². The minimum Gasteiger partial charge on any atom is -0.369 e. The predicted octanol–water partition coefficient (Wildman–Crippen LogP) is 5.85. The van der Waals surface area contributed by atoms with Crippen LogP contribution in [0.4, 0.5) is 0 Å². The molecule has 0 fully saturated rings. The molecule has 1 nitrogen and oxygen atoms in total. The number of hydrogen-bond donors (Lipinski definition) is 0. The number of rotatable bonds is 6. The molecule has 0 spiro atoms. The van der Waals surface area contributed by atoms with Gasteiger partial charge in [-0.2, -0.15) is 0 Å². The lowest BCUT2D eigenvalue weighted by atomic mass is 9.89. The fourth-order valence-electron chi connectivity index (χ4n) is 3.20. The van der Waals surface area contributed by atoms with Crippen LogP contribution in [0.25, 0.3) is 0 Å². The molecule has 0 radical (unpaired) electrons. The van der Waals surface area contributed by atoms with E-state index in [9.17, 15) is 0 Å². The van der Waals surface area contributed by atoms with E-state index in [2.05, 4.69) is 58.0 Å². The second-order valence-corrected chi connectivity index (χ2v) is 6.56. The fourth-order valence-corrected chi connectivity index (χ4v) is 3.20. The largest absolute Gasteiger partial charge is 0.369 e. The second-order valence-electron chi connectivity index (χ2n) is 6.56. The SMILES string of the molecule is CCC(CC)c1ccc(CO[C@H]2C=C(C)CC[C@H]2C)cc1. The zero-order chi connectivity index (χ0) is 15.2. The van der Waals surface area contributed by atoms with E-state index in [-0.39, 0.29) is 6.10 Å². The molecule has 0 amide bonds. The first kappa shape index (κ1) is 16.3. The fraction of sp³-hybridized carbons (Fsp3) is 0.600.